The molecule has 0 fully saturated rings. The van der Waals surface area contributed by atoms with E-state index in [1.54, 1.807) is 13.2 Å². The van der Waals surface area contributed by atoms with E-state index in [0.29, 0.717) is 11.5 Å². The number of carbonyl (C=O) groups is 1. The summed E-state index contributed by atoms with van der Waals surface area (Å²) in [5, 5.41) is 3.92. The van der Waals surface area contributed by atoms with E-state index in [0.717, 1.165) is 11.3 Å². The third-order valence-electron chi connectivity index (χ3n) is 2.61. The normalized spacial score (nSPS) is 18.6. The number of halogens is 1. The number of hydrogen-bond acceptors (Lipinski definition) is 5. The lowest BCUT2D eigenvalue weighted by molar-refractivity contribution is 0.261. The standard InChI is InChI=1S/C12H13ClN2O3S/c1-7-11(14-15-12(16)19-7)8-3-4-9(18-6-13)10(5-8)17-2/h3-5,7H,6H2,1-2H3,(H,15,16). The molecule has 1 N–H and O–H groups in total. The van der Waals surface area contributed by atoms with Gasteiger partial charge in [-0.3, -0.25) is 4.79 Å². The van der Waals surface area contributed by atoms with Gasteiger partial charge in [0.1, 0.15) is 0 Å². The minimum absolute atomic E-state index is 0.0155. The topological polar surface area (TPSA) is 59.9 Å². The molecule has 1 aliphatic heterocycles. The summed E-state index contributed by atoms with van der Waals surface area (Å²) < 4.78 is 10.5. The molecular weight excluding hydrogens is 288 g/mol. The van der Waals surface area contributed by atoms with Crippen LogP contribution >= 0.6 is 23.4 Å². The summed E-state index contributed by atoms with van der Waals surface area (Å²) in [6, 6.07) is 5.50. The van der Waals surface area contributed by atoms with Crippen LogP contribution in [0.15, 0.2) is 23.3 Å². The summed E-state index contributed by atoms with van der Waals surface area (Å²) in [6.07, 6.45) is 0. The molecular formula is C12H13ClN2O3S. The number of ether oxygens (including phenoxy) is 2. The van der Waals surface area contributed by atoms with E-state index in [1.807, 2.05) is 19.1 Å². The fourth-order valence-electron chi connectivity index (χ4n) is 1.74. The Morgan fingerprint density at radius 2 is 2.26 bits per heavy atom. The average molecular weight is 301 g/mol. The second-order valence-electron chi connectivity index (χ2n) is 3.78. The van der Waals surface area contributed by atoms with Gasteiger partial charge in [-0.2, -0.15) is 5.10 Å². The second kappa shape index (κ2) is 6.16. The highest BCUT2D eigenvalue weighted by Gasteiger charge is 2.23. The van der Waals surface area contributed by atoms with Crippen LogP contribution in [0, 0.1) is 0 Å². The SMILES string of the molecule is COc1cc(C2=NNC(=O)SC2C)ccc1OCCl. The van der Waals surface area contributed by atoms with Crippen LogP contribution in [0.3, 0.4) is 0 Å². The highest BCUT2D eigenvalue weighted by Crippen LogP contribution is 2.30. The molecule has 7 heteroatoms. The smallest absolute Gasteiger partial charge is 0.299 e. The summed E-state index contributed by atoms with van der Waals surface area (Å²) in [5.74, 6) is 1.15. The van der Waals surface area contributed by atoms with Gasteiger partial charge in [0, 0.05) is 5.56 Å². The van der Waals surface area contributed by atoms with Gasteiger partial charge >= 0.3 is 0 Å². The van der Waals surface area contributed by atoms with Crippen LogP contribution in [-0.2, 0) is 0 Å². The first-order valence-electron chi connectivity index (χ1n) is 5.57. The average Bonchev–Trinajstić information content (AvgIpc) is 2.40. The van der Waals surface area contributed by atoms with Gasteiger partial charge in [0.25, 0.3) is 5.24 Å². The van der Waals surface area contributed by atoms with E-state index < -0.39 is 0 Å². The quantitative estimate of drug-likeness (QED) is 0.869. The first-order valence-corrected chi connectivity index (χ1v) is 6.98. The lowest BCUT2D eigenvalue weighted by Crippen LogP contribution is -2.29. The first kappa shape index (κ1) is 14.0. The number of hydrazone groups is 1. The lowest BCUT2D eigenvalue weighted by atomic mass is 10.1. The number of alkyl halides is 1. The van der Waals surface area contributed by atoms with E-state index in [4.69, 9.17) is 21.1 Å². The third kappa shape index (κ3) is 3.13. The molecule has 1 unspecified atom stereocenters. The van der Waals surface area contributed by atoms with Gasteiger partial charge in [-0.15, -0.1) is 0 Å². The van der Waals surface area contributed by atoms with Gasteiger partial charge in [0.2, 0.25) is 0 Å². The molecule has 1 heterocycles. The summed E-state index contributed by atoms with van der Waals surface area (Å²) >= 11 is 6.74. The molecule has 0 aliphatic carbocycles. The fourth-order valence-corrected chi connectivity index (χ4v) is 2.58. The van der Waals surface area contributed by atoms with Crippen molar-refractivity contribution in [2.75, 3.05) is 13.2 Å². The van der Waals surface area contributed by atoms with Crippen molar-refractivity contribution in [2.24, 2.45) is 5.10 Å². The van der Waals surface area contributed by atoms with Crippen LogP contribution in [0.1, 0.15) is 12.5 Å². The van der Waals surface area contributed by atoms with Crippen LogP contribution in [0.4, 0.5) is 4.79 Å². The van der Waals surface area contributed by atoms with E-state index in [9.17, 15) is 4.79 Å². The Morgan fingerprint density at radius 3 is 2.89 bits per heavy atom. The van der Waals surface area contributed by atoms with Crippen molar-refractivity contribution in [3.05, 3.63) is 23.8 Å². The number of hydrogen-bond donors (Lipinski definition) is 1. The Balaban J connectivity index is 2.33. The van der Waals surface area contributed by atoms with Crippen molar-refractivity contribution in [1.29, 1.82) is 0 Å². The zero-order valence-corrected chi connectivity index (χ0v) is 12.0. The first-order chi connectivity index (χ1) is 9.15. The van der Waals surface area contributed by atoms with E-state index in [1.165, 1.54) is 11.8 Å². The molecule has 19 heavy (non-hydrogen) atoms. The van der Waals surface area contributed by atoms with Crippen LogP contribution in [-0.4, -0.2) is 29.4 Å². The summed E-state index contributed by atoms with van der Waals surface area (Å²) in [6.45, 7) is 1.93. The van der Waals surface area contributed by atoms with Crippen LogP contribution in [0.25, 0.3) is 0 Å². The zero-order valence-electron chi connectivity index (χ0n) is 10.5. The summed E-state index contributed by atoms with van der Waals surface area (Å²) in [5.41, 5.74) is 4.12. The molecule has 0 aromatic heterocycles. The minimum Gasteiger partial charge on any atom is -0.493 e. The predicted octanol–water partition coefficient (Wildman–Crippen LogP) is 2.82. The molecule has 5 nitrogen and oxygen atoms in total. The maximum atomic E-state index is 11.2. The molecule has 0 spiro atoms. The minimum atomic E-state index is -0.148. The lowest BCUT2D eigenvalue weighted by Gasteiger charge is -2.19. The molecule has 0 radical (unpaired) electrons. The molecule has 0 bridgehead atoms. The van der Waals surface area contributed by atoms with Crippen molar-refractivity contribution < 1.29 is 14.3 Å². The molecule has 0 saturated heterocycles. The summed E-state index contributed by atoms with van der Waals surface area (Å²) in [4.78, 5) is 11.2. The number of carbonyl (C=O) groups excluding carboxylic acids is 1. The number of nitrogens with one attached hydrogen (secondary N) is 1. The van der Waals surface area contributed by atoms with Crippen molar-refractivity contribution in [1.82, 2.24) is 5.43 Å². The molecule has 1 aliphatic rings. The van der Waals surface area contributed by atoms with Gasteiger partial charge in [-0.25, -0.2) is 5.43 Å². The summed E-state index contributed by atoms with van der Waals surface area (Å²) in [7, 11) is 1.56. The Labute approximate surface area is 120 Å². The fraction of sp³-hybridized carbons (Fsp3) is 0.333. The zero-order chi connectivity index (χ0) is 13.8. The van der Waals surface area contributed by atoms with Crippen LogP contribution < -0.4 is 14.9 Å². The van der Waals surface area contributed by atoms with E-state index >= 15 is 0 Å². The maximum Gasteiger partial charge on any atom is 0.299 e. The highest BCUT2D eigenvalue weighted by atomic mass is 35.5. The van der Waals surface area contributed by atoms with Gasteiger partial charge < -0.3 is 9.47 Å². The van der Waals surface area contributed by atoms with Crippen molar-refractivity contribution >= 4 is 34.3 Å². The predicted molar refractivity (Wildman–Crippen MR) is 76.5 cm³/mol. The number of rotatable bonds is 4. The Kier molecular flexibility index (Phi) is 4.55. The third-order valence-corrected chi connectivity index (χ3v) is 3.60. The molecule has 1 aromatic carbocycles. The molecule has 1 amide bonds. The molecule has 0 saturated carbocycles. The Morgan fingerprint density at radius 1 is 1.47 bits per heavy atom. The molecule has 1 atom stereocenters. The second-order valence-corrected chi connectivity index (χ2v) is 5.31. The highest BCUT2D eigenvalue weighted by molar-refractivity contribution is 8.14. The van der Waals surface area contributed by atoms with Crippen LogP contribution in [0.2, 0.25) is 0 Å². The van der Waals surface area contributed by atoms with Crippen molar-refractivity contribution in [3.63, 3.8) is 0 Å². The van der Waals surface area contributed by atoms with Gasteiger partial charge in [0.05, 0.1) is 18.1 Å². The van der Waals surface area contributed by atoms with Crippen molar-refractivity contribution in [2.45, 2.75) is 12.2 Å². The Bertz CT molecular complexity index is 522. The van der Waals surface area contributed by atoms with Gasteiger partial charge in [0.15, 0.2) is 17.6 Å². The number of thioether (sulfide) groups is 1. The number of methoxy groups -OCH3 is 1. The monoisotopic (exact) mass is 300 g/mol. The largest absolute Gasteiger partial charge is 0.493 e. The van der Waals surface area contributed by atoms with Gasteiger partial charge in [-0.05, 0) is 25.1 Å². The molecule has 1 aromatic rings. The number of nitrogens with zero attached hydrogens (tertiary/aromatic N) is 1. The van der Waals surface area contributed by atoms with Crippen molar-refractivity contribution in [3.8, 4) is 11.5 Å². The Hall–Kier alpha value is -1.40. The van der Waals surface area contributed by atoms with E-state index in [2.05, 4.69) is 10.5 Å². The molecule has 2 rings (SSSR count). The van der Waals surface area contributed by atoms with Crippen LogP contribution in [0.5, 0.6) is 11.5 Å². The maximum absolute atomic E-state index is 11.2. The van der Waals surface area contributed by atoms with E-state index in [-0.39, 0.29) is 16.6 Å². The number of amides is 1. The number of benzene rings is 1. The molecule has 102 valence electrons. The van der Waals surface area contributed by atoms with Gasteiger partial charge in [-0.1, -0.05) is 23.4 Å².